The van der Waals surface area contributed by atoms with Crippen molar-refractivity contribution < 1.29 is 13.3 Å². The fraction of sp³-hybridized carbons (Fsp3) is 0.889. The smallest absolute Gasteiger partial charge is 0.374 e. The Balaban J connectivity index is 3.65. The van der Waals surface area contributed by atoms with E-state index in [9.17, 15) is 0 Å². The molecule has 0 aliphatic rings. The Bertz CT molecular complexity index is 257. The van der Waals surface area contributed by atoms with Gasteiger partial charge in [-0.05, 0) is 24.5 Å². The molecule has 22 heavy (non-hydrogen) atoms. The second-order valence-corrected chi connectivity index (χ2v) is 8.98. The van der Waals surface area contributed by atoms with Crippen molar-refractivity contribution in [2.24, 2.45) is 5.92 Å². The largest absolute Gasteiger partial charge is 0.528 e. The van der Waals surface area contributed by atoms with Crippen molar-refractivity contribution in [3.63, 3.8) is 0 Å². The highest BCUT2D eigenvalue weighted by Gasteiger charge is 2.33. The predicted molar refractivity (Wildman–Crippen MR) is 96.9 cm³/mol. The second-order valence-electron chi connectivity index (χ2n) is 6.21. The van der Waals surface area contributed by atoms with E-state index in [1.165, 1.54) is 57.8 Å². The molecule has 0 saturated carbocycles. The van der Waals surface area contributed by atoms with Gasteiger partial charge in [0.1, 0.15) is 0 Å². The highest BCUT2D eigenvalue weighted by atomic mass is 28.4. The Labute approximate surface area is 139 Å². The zero-order valence-electron chi connectivity index (χ0n) is 15.5. The van der Waals surface area contributed by atoms with Crippen LogP contribution in [0.2, 0.25) is 0 Å². The van der Waals surface area contributed by atoms with Crippen molar-refractivity contribution >= 4 is 8.80 Å². The summed E-state index contributed by atoms with van der Waals surface area (Å²) < 4.78 is 16.1. The predicted octanol–water partition coefficient (Wildman–Crippen LogP) is 5.52. The maximum atomic E-state index is 5.36. The minimum atomic E-state index is -2.51. The standard InChI is InChI=1S/C18H38O3Si/c1-6-7-8-9-10-12-15-18(2)16-13-11-14-17-22(19-3,20-4)21-5/h14,17-18H,6-13,15-16H2,1-5H3. The summed E-state index contributed by atoms with van der Waals surface area (Å²) in [4.78, 5) is 0. The molecular weight excluding hydrogens is 292 g/mol. The summed E-state index contributed by atoms with van der Waals surface area (Å²) >= 11 is 0. The quantitative estimate of drug-likeness (QED) is 0.292. The van der Waals surface area contributed by atoms with Crippen LogP contribution in [0, 0.1) is 5.92 Å². The molecule has 0 rings (SSSR count). The van der Waals surface area contributed by atoms with E-state index in [0.717, 1.165) is 12.3 Å². The van der Waals surface area contributed by atoms with E-state index in [2.05, 4.69) is 19.9 Å². The van der Waals surface area contributed by atoms with Crippen LogP contribution >= 0.6 is 0 Å². The maximum Gasteiger partial charge on any atom is 0.528 e. The molecule has 0 aromatic heterocycles. The minimum Gasteiger partial charge on any atom is -0.374 e. The maximum absolute atomic E-state index is 5.36. The Hall–Kier alpha value is -0.163. The minimum absolute atomic E-state index is 0.842. The average Bonchev–Trinajstić information content (AvgIpc) is 2.55. The number of allylic oxidation sites excluding steroid dienone is 1. The van der Waals surface area contributed by atoms with Crippen molar-refractivity contribution in [3.05, 3.63) is 11.8 Å². The van der Waals surface area contributed by atoms with E-state index in [1.54, 1.807) is 21.3 Å². The molecule has 1 unspecified atom stereocenters. The normalized spacial score (nSPS) is 13.9. The summed E-state index contributed by atoms with van der Waals surface area (Å²) in [7, 11) is 2.42. The number of hydrogen-bond donors (Lipinski definition) is 0. The molecule has 0 radical (unpaired) electrons. The first-order valence-electron chi connectivity index (χ1n) is 8.97. The molecule has 0 aliphatic heterocycles. The van der Waals surface area contributed by atoms with Crippen molar-refractivity contribution in [1.82, 2.24) is 0 Å². The van der Waals surface area contributed by atoms with Crippen molar-refractivity contribution in [3.8, 4) is 0 Å². The van der Waals surface area contributed by atoms with Crippen LogP contribution in [0.5, 0.6) is 0 Å². The molecule has 0 spiro atoms. The zero-order chi connectivity index (χ0) is 16.7. The molecule has 0 amide bonds. The van der Waals surface area contributed by atoms with E-state index >= 15 is 0 Å². The van der Waals surface area contributed by atoms with Gasteiger partial charge in [0.2, 0.25) is 0 Å². The Morgan fingerprint density at radius 1 is 0.818 bits per heavy atom. The third kappa shape index (κ3) is 10.5. The number of hydrogen-bond acceptors (Lipinski definition) is 3. The van der Waals surface area contributed by atoms with E-state index in [1.807, 2.05) is 5.70 Å². The summed E-state index contributed by atoms with van der Waals surface area (Å²) in [5.74, 6) is 0.842. The first-order valence-corrected chi connectivity index (χ1v) is 10.8. The van der Waals surface area contributed by atoms with E-state index in [-0.39, 0.29) is 0 Å². The molecule has 0 N–H and O–H groups in total. The Kier molecular flexibility index (Phi) is 14.3. The van der Waals surface area contributed by atoms with Gasteiger partial charge < -0.3 is 13.3 Å². The van der Waals surface area contributed by atoms with Crippen LogP contribution in [-0.2, 0) is 13.3 Å². The van der Waals surface area contributed by atoms with Gasteiger partial charge in [-0.15, -0.1) is 0 Å². The summed E-state index contributed by atoms with van der Waals surface area (Å²) in [6.07, 6.45) is 15.5. The van der Waals surface area contributed by atoms with Crippen LogP contribution in [-0.4, -0.2) is 30.1 Å². The van der Waals surface area contributed by atoms with Crippen LogP contribution in [0.25, 0.3) is 0 Å². The highest BCUT2D eigenvalue weighted by Crippen LogP contribution is 2.17. The molecule has 0 aromatic rings. The van der Waals surface area contributed by atoms with Gasteiger partial charge >= 0.3 is 8.80 Å². The number of rotatable bonds is 15. The molecule has 1 atom stereocenters. The van der Waals surface area contributed by atoms with Gasteiger partial charge in [0.25, 0.3) is 0 Å². The molecule has 0 bridgehead atoms. The molecular formula is C18H38O3Si. The molecule has 0 heterocycles. The Morgan fingerprint density at radius 3 is 1.95 bits per heavy atom. The van der Waals surface area contributed by atoms with E-state index in [4.69, 9.17) is 13.3 Å². The second kappa shape index (κ2) is 14.4. The number of unbranched alkanes of at least 4 members (excludes halogenated alkanes) is 6. The van der Waals surface area contributed by atoms with Crippen molar-refractivity contribution in [2.75, 3.05) is 21.3 Å². The Morgan fingerprint density at radius 2 is 1.36 bits per heavy atom. The first-order chi connectivity index (χ1) is 10.6. The molecule has 0 saturated heterocycles. The summed E-state index contributed by atoms with van der Waals surface area (Å²) in [6, 6.07) is 0. The van der Waals surface area contributed by atoms with Crippen LogP contribution in [0.15, 0.2) is 11.8 Å². The molecule has 3 nitrogen and oxygen atoms in total. The van der Waals surface area contributed by atoms with Gasteiger partial charge in [0.05, 0.1) is 0 Å². The summed E-state index contributed by atoms with van der Waals surface area (Å²) in [5, 5.41) is 0. The van der Waals surface area contributed by atoms with Crippen LogP contribution in [0.3, 0.4) is 0 Å². The van der Waals surface area contributed by atoms with Gasteiger partial charge in [-0.2, -0.15) is 0 Å². The molecule has 0 aromatic carbocycles. The lowest BCUT2D eigenvalue weighted by Crippen LogP contribution is -2.40. The van der Waals surface area contributed by atoms with Crippen LogP contribution in [0.4, 0.5) is 0 Å². The molecule has 4 heteroatoms. The van der Waals surface area contributed by atoms with E-state index < -0.39 is 8.80 Å². The highest BCUT2D eigenvalue weighted by molar-refractivity contribution is 6.66. The van der Waals surface area contributed by atoms with Gasteiger partial charge in [-0.3, -0.25) is 0 Å². The van der Waals surface area contributed by atoms with Crippen LogP contribution < -0.4 is 0 Å². The third-order valence-electron chi connectivity index (χ3n) is 4.29. The lowest BCUT2D eigenvalue weighted by Gasteiger charge is -2.20. The monoisotopic (exact) mass is 330 g/mol. The SMILES string of the molecule is CCCCCCCCC(C)CCCC=C[Si](OC)(OC)OC. The summed E-state index contributed by atoms with van der Waals surface area (Å²) in [6.45, 7) is 4.66. The lowest BCUT2D eigenvalue weighted by molar-refractivity contribution is 0.138. The van der Waals surface area contributed by atoms with E-state index in [0.29, 0.717) is 0 Å². The fourth-order valence-electron chi connectivity index (χ4n) is 2.68. The lowest BCUT2D eigenvalue weighted by atomic mass is 9.97. The third-order valence-corrected chi connectivity index (χ3v) is 6.64. The molecule has 0 aliphatic carbocycles. The van der Waals surface area contributed by atoms with Gasteiger partial charge in [-0.25, -0.2) is 0 Å². The topological polar surface area (TPSA) is 27.7 Å². The van der Waals surface area contributed by atoms with Crippen LogP contribution in [0.1, 0.15) is 78.1 Å². The van der Waals surface area contributed by atoms with Gasteiger partial charge in [0.15, 0.2) is 0 Å². The van der Waals surface area contributed by atoms with Crippen molar-refractivity contribution in [2.45, 2.75) is 78.1 Å². The summed E-state index contributed by atoms with van der Waals surface area (Å²) in [5.41, 5.74) is 1.99. The zero-order valence-corrected chi connectivity index (χ0v) is 16.5. The van der Waals surface area contributed by atoms with Gasteiger partial charge in [0, 0.05) is 21.3 Å². The first kappa shape index (κ1) is 21.8. The van der Waals surface area contributed by atoms with Crippen molar-refractivity contribution in [1.29, 1.82) is 0 Å². The average molecular weight is 331 g/mol. The molecule has 132 valence electrons. The van der Waals surface area contributed by atoms with Gasteiger partial charge in [-0.1, -0.05) is 71.3 Å². The fourth-order valence-corrected chi connectivity index (χ4v) is 4.05. The molecule has 0 fully saturated rings.